The van der Waals surface area contributed by atoms with Crippen LogP contribution in [-0.4, -0.2) is 36.4 Å². The van der Waals surface area contributed by atoms with Gasteiger partial charge in [-0.1, -0.05) is 0 Å². The number of nitrogens with zero attached hydrogens (tertiary/aromatic N) is 2. The molecule has 1 aromatic heterocycles. The summed E-state index contributed by atoms with van der Waals surface area (Å²) in [7, 11) is -3.13. The van der Waals surface area contributed by atoms with Gasteiger partial charge in [-0.3, -0.25) is 5.10 Å². The molecule has 0 saturated heterocycles. The molecule has 6 nitrogen and oxygen atoms in total. The fraction of sp³-hybridized carbons (Fsp3) is 0.273. The molecule has 0 saturated carbocycles. The van der Waals surface area contributed by atoms with E-state index in [-0.39, 0.29) is 0 Å². The lowest BCUT2D eigenvalue weighted by Gasteiger charge is -2.05. The minimum atomic E-state index is -3.13. The highest BCUT2D eigenvalue weighted by Crippen LogP contribution is 2.13. The van der Waals surface area contributed by atoms with Crippen LogP contribution in [0.3, 0.4) is 0 Å². The van der Waals surface area contributed by atoms with E-state index in [1.807, 2.05) is 0 Å². The van der Waals surface area contributed by atoms with Gasteiger partial charge in [0.15, 0.2) is 9.84 Å². The van der Waals surface area contributed by atoms with E-state index < -0.39 is 9.84 Å². The molecule has 1 heterocycles. The zero-order valence-electron chi connectivity index (χ0n) is 9.92. The van der Waals surface area contributed by atoms with Crippen molar-refractivity contribution in [3.05, 3.63) is 36.4 Å². The molecule has 2 aromatic rings. The van der Waals surface area contributed by atoms with Crippen molar-refractivity contribution in [3.8, 4) is 0 Å². The van der Waals surface area contributed by atoms with Crippen molar-refractivity contribution >= 4 is 15.5 Å². The molecule has 2 rings (SSSR count). The van der Waals surface area contributed by atoms with Crippen molar-refractivity contribution in [3.63, 3.8) is 0 Å². The van der Waals surface area contributed by atoms with Crippen LogP contribution in [0.4, 0.5) is 5.69 Å². The number of hydrogen-bond donors (Lipinski definition) is 2. The Morgan fingerprint density at radius 2 is 2.00 bits per heavy atom. The van der Waals surface area contributed by atoms with Gasteiger partial charge >= 0.3 is 0 Å². The predicted octanol–water partition coefficient (Wildman–Crippen LogP) is 0.863. The molecular weight excluding hydrogens is 252 g/mol. The van der Waals surface area contributed by atoms with Crippen molar-refractivity contribution in [2.75, 3.05) is 18.1 Å². The molecule has 0 aliphatic rings. The Bertz CT molecular complexity index is 590. The Hall–Kier alpha value is -1.89. The summed E-state index contributed by atoms with van der Waals surface area (Å²) in [5, 5.41) is 9.71. The second kappa shape index (κ2) is 5.18. The van der Waals surface area contributed by atoms with Crippen molar-refractivity contribution < 1.29 is 8.42 Å². The first-order valence-corrected chi connectivity index (χ1v) is 7.33. The quantitative estimate of drug-likeness (QED) is 0.838. The zero-order valence-corrected chi connectivity index (χ0v) is 10.7. The average molecular weight is 266 g/mol. The van der Waals surface area contributed by atoms with E-state index in [4.69, 9.17) is 0 Å². The van der Waals surface area contributed by atoms with Gasteiger partial charge in [0.25, 0.3) is 0 Å². The monoisotopic (exact) mass is 266 g/mol. The van der Waals surface area contributed by atoms with Crippen LogP contribution in [0.1, 0.15) is 5.82 Å². The van der Waals surface area contributed by atoms with Gasteiger partial charge in [-0.15, -0.1) is 0 Å². The van der Waals surface area contributed by atoms with E-state index in [0.717, 1.165) is 17.9 Å². The average Bonchev–Trinajstić information content (AvgIpc) is 2.82. The third kappa shape index (κ3) is 3.30. The summed E-state index contributed by atoms with van der Waals surface area (Å²) in [6.07, 6.45) is 3.39. The highest BCUT2D eigenvalue weighted by Gasteiger charge is 2.05. The van der Waals surface area contributed by atoms with Crippen LogP contribution < -0.4 is 5.32 Å². The van der Waals surface area contributed by atoms with Crippen LogP contribution in [0, 0.1) is 0 Å². The molecule has 18 heavy (non-hydrogen) atoms. The van der Waals surface area contributed by atoms with Crippen LogP contribution in [0.25, 0.3) is 0 Å². The molecular formula is C11H14N4O2S. The van der Waals surface area contributed by atoms with Gasteiger partial charge in [-0.25, -0.2) is 13.4 Å². The Morgan fingerprint density at radius 3 is 2.56 bits per heavy atom. The number of H-pyrrole nitrogens is 1. The largest absolute Gasteiger partial charge is 0.385 e. The first kappa shape index (κ1) is 12.6. The molecule has 2 N–H and O–H groups in total. The number of aromatic amines is 1. The highest BCUT2D eigenvalue weighted by atomic mass is 32.2. The molecule has 0 amide bonds. The summed E-state index contributed by atoms with van der Waals surface area (Å²) in [4.78, 5) is 4.33. The van der Waals surface area contributed by atoms with Crippen LogP contribution in [0.2, 0.25) is 0 Å². The first-order chi connectivity index (χ1) is 8.55. The second-order valence-electron chi connectivity index (χ2n) is 3.91. The molecule has 96 valence electrons. The third-order valence-electron chi connectivity index (χ3n) is 2.44. The smallest absolute Gasteiger partial charge is 0.175 e. The van der Waals surface area contributed by atoms with Crippen molar-refractivity contribution in [1.82, 2.24) is 15.2 Å². The Labute approximate surface area is 105 Å². The van der Waals surface area contributed by atoms with Gasteiger partial charge in [0.2, 0.25) is 0 Å². The maximum atomic E-state index is 11.3. The Balaban J connectivity index is 1.91. The van der Waals surface area contributed by atoms with E-state index in [9.17, 15) is 8.42 Å². The molecule has 7 heteroatoms. The van der Waals surface area contributed by atoms with Crippen LogP contribution in [0.15, 0.2) is 35.5 Å². The number of rotatable bonds is 5. The normalized spacial score (nSPS) is 11.4. The fourth-order valence-corrected chi connectivity index (χ4v) is 2.13. The number of sulfone groups is 1. The van der Waals surface area contributed by atoms with Gasteiger partial charge in [0.05, 0.1) is 4.90 Å². The molecule has 0 spiro atoms. The topological polar surface area (TPSA) is 87.7 Å². The van der Waals surface area contributed by atoms with Gasteiger partial charge in [0, 0.05) is 24.9 Å². The van der Waals surface area contributed by atoms with Gasteiger partial charge < -0.3 is 5.32 Å². The highest BCUT2D eigenvalue weighted by molar-refractivity contribution is 7.90. The van der Waals surface area contributed by atoms with Gasteiger partial charge in [0.1, 0.15) is 12.2 Å². The third-order valence-corrected chi connectivity index (χ3v) is 3.57. The maximum absolute atomic E-state index is 11.3. The maximum Gasteiger partial charge on any atom is 0.175 e. The summed E-state index contributed by atoms with van der Waals surface area (Å²) in [5.41, 5.74) is 0.877. The molecule has 0 aliphatic carbocycles. The van der Waals surface area contributed by atoms with Crippen LogP contribution >= 0.6 is 0 Å². The lowest BCUT2D eigenvalue weighted by Crippen LogP contribution is -2.06. The minimum Gasteiger partial charge on any atom is -0.385 e. The van der Waals surface area contributed by atoms with Crippen molar-refractivity contribution in [2.45, 2.75) is 11.3 Å². The van der Waals surface area contributed by atoms with E-state index in [0.29, 0.717) is 11.4 Å². The van der Waals surface area contributed by atoms with Gasteiger partial charge in [-0.2, -0.15) is 5.10 Å². The Kier molecular flexibility index (Phi) is 3.61. The standard InChI is InChI=1S/C11H14N4O2S/c1-18(16,17)10-4-2-9(3-5-10)12-7-6-11-13-8-14-15-11/h2-5,8,12H,6-7H2,1H3,(H,13,14,15). The van der Waals surface area contributed by atoms with Gasteiger partial charge in [-0.05, 0) is 24.3 Å². The second-order valence-corrected chi connectivity index (χ2v) is 5.92. The minimum absolute atomic E-state index is 0.322. The Morgan fingerprint density at radius 1 is 1.28 bits per heavy atom. The number of anilines is 1. The van der Waals surface area contributed by atoms with E-state index in [2.05, 4.69) is 20.5 Å². The predicted molar refractivity (Wildman–Crippen MR) is 68.1 cm³/mol. The molecule has 0 radical (unpaired) electrons. The number of nitrogens with one attached hydrogen (secondary N) is 2. The fourth-order valence-electron chi connectivity index (χ4n) is 1.50. The lowest BCUT2D eigenvalue weighted by atomic mass is 10.3. The summed E-state index contributed by atoms with van der Waals surface area (Å²) in [6, 6.07) is 6.67. The van der Waals surface area contributed by atoms with E-state index >= 15 is 0 Å². The number of benzene rings is 1. The summed E-state index contributed by atoms with van der Waals surface area (Å²) >= 11 is 0. The number of aromatic nitrogens is 3. The zero-order chi connectivity index (χ0) is 13.0. The molecule has 0 unspecified atom stereocenters. The molecule has 0 aliphatic heterocycles. The SMILES string of the molecule is CS(=O)(=O)c1ccc(NCCc2ncn[nH]2)cc1. The summed E-state index contributed by atoms with van der Waals surface area (Å²) in [6.45, 7) is 0.702. The molecule has 0 atom stereocenters. The van der Waals surface area contributed by atoms with E-state index in [1.54, 1.807) is 24.3 Å². The van der Waals surface area contributed by atoms with Crippen molar-refractivity contribution in [2.24, 2.45) is 0 Å². The molecule has 1 aromatic carbocycles. The van der Waals surface area contributed by atoms with E-state index in [1.165, 1.54) is 12.6 Å². The first-order valence-electron chi connectivity index (χ1n) is 5.44. The van der Waals surface area contributed by atoms with Crippen LogP contribution in [-0.2, 0) is 16.3 Å². The summed E-state index contributed by atoms with van der Waals surface area (Å²) < 4.78 is 22.5. The number of hydrogen-bond acceptors (Lipinski definition) is 5. The lowest BCUT2D eigenvalue weighted by molar-refractivity contribution is 0.602. The molecule has 0 bridgehead atoms. The van der Waals surface area contributed by atoms with Crippen LogP contribution in [0.5, 0.6) is 0 Å². The molecule has 0 fully saturated rings. The van der Waals surface area contributed by atoms with Crippen molar-refractivity contribution in [1.29, 1.82) is 0 Å². The summed E-state index contributed by atoms with van der Waals surface area (Å²) in [5.74, 6) is 0.815.